The summed E-state index contributed by atoms with van der Waals surface area (Å²) in [5.74, 6) is 0. The van der Waals surface area contributed by atoms with Crippen molar-refractivity contribution in [2.75, 3.05) is 7.05 Å². The van der Waals surface area contributed by atoms with Gasteiger partial charge in [-0.15, -0.1) is 11.3 Å². The molecule has 18 heavy (non-hydrogen) atoms. The van der Waals surface area contributed by atoms with Crippen molar-refractivity contribution in [2.24, 2.45) is 0 Å². The van der Waals surface area contributed by atoms with Gasteiger partial charge in [0.2, 0.25) is 0 Å². The van der Waals surface area contributed by atoms with Crippen LogP contribution in [0.15, 0.2) is 28.1 Å². The van der Waals surface area contributed by atoms with Gasteiger partial charge in [0, 0.05) is 9.90 Å². The fraction of sp³-hybridized carbons (Fsp3) is 0.231. The van der Waals surface area contributed by atoms with Gasteiger partial charge in [0.15, 0.2) is 0 Å². The highest BCUT2D eigenvalue weighted by Crippen LogP contribution is 2.38. The molecule has 1 atom stereocenters. The number of thiophene rings is 1. The average Bonchev–Trinajstić information content (AvgIpc) is 2.63. The molecule has 0 aliphatic heterocycles. The fourth-order valence-electron chi connectivity index (χ4n) is 1.92. The second-order valence-electron chi connectivity index (χ2n) is 3.99. The Kier molecular flexibility index (Phi) is 4.73. The van der Waals surface area contributed by atoms with Gasteiger partial charge in [0.05, 0.1) is 14.9 Å². The summed E-state index contributed by atoms with van der Waals surface area (Å²) >= 11 is 17.2. The van der Waals surface area contributed by atoms with Crippen LogP contribution in [-0.2, 0) is 0 Å². The predicted molar refractivity (Wildman–Crippen MR) is 84.1 cm³/mol. The Morgan fingerprint density at radius 3 is 2.50 bits per heavy atom. The SMILES string of the molecule is CNC(c1cc(Cl)c(Br)s1)c1ccc(Cl)cc1C. The molecular weight excluding hydrogens is 353 g/mol. The smallest absolute Gasteiger partial charge is 0.0888 e. The van der Waals surface area contributed by atoms with Crippen LogP contribution in [0.1, 0.15) is 22.0 Å². The van der Waals surface area contributed by atoms with E-state index in [-0.39, 0.29) is 6.04 Å². The van der Waals surface area contributed by atoms with Gasteiger partial charge in [-0.1, -0.05) is 29.3 Å². The van der Waals surface area contributed by atoms with Crippen molar-refractivity contribution < 1.29 is 0 Å². The van der Waals surface area contributed by atoms with E-state index >= 15 is 0 Å². The zero-order valence-corrected chi connectivity index (χ0v) is 13.8. The van der Waals surface area contributed by atoms with Crippen molar-refractivity contribution in [2.45, 2.75) is 13.0 Å². The van der Waals surface area contributed by atoms with Crippen molar-refractivity contribution in [3.8, 4) is 0 Å². The molecule has 0 aliphatic rings. The van der Waals surface area contributed by atoms with Crippen LogP contribution >= 0.6 is 50.5 Å². The fourth-order valence-corrected chi connectivity index (χ4v) is 4.02. The van der Waals surface area contributed by atoms with Crippen molar-refractivity contribution in [1.29, 1.82) is 0 Å². The van der Waals surface area contributed by atoms with Crippen LogP contribution in [0, 0.1) is 6.92 Å². The van der Waals surface area contributed by atoms with Crippen LogP contribution in [0.25, 0.3) is 0 Å². The molecule has 1 N–H and O–H groups in total. The van der Waals surface area contributed by atoms with Crippen LogP contribution in [0.5, 0.6) is 0 Å². The average molecular weight is 365 g/mol. The maximum Gasteiger partial charge on any atom is 0.0888 e. The first kappa shape index (κ1) is 14.4. The van der Waals surface area contributed by atoms with Crippen LogP contribution < -0.4 is 5.32 Å². The molecule has 1 heterocycles. The lowest BCUT2D eigenvalue weighted by molar-refractivity contribution is 0.699. The lowest BCUT2D eigenvalue weighted by atomic mass is 10.0. The Morgan fingerprint density at radius 2 is 2.00 bits per heavy atom. The van der Waals surface area contributed by atoms with Crippen molar-refractivity contribution >= 4 is 50.5 Å². The Balaban J connectivity index is 2.45. The maximum absolute atomic E-state index is 6.10. The van der Waals surface area contributed by atoms with Gasteiger partial charge in [-0.2, -0.15) is 0 Å². The number of halogens is 3. The second-order valence-corrected chi connectivity index (χ2v) is 7.24. The number of benzene rings is 1. The Morgan fingerprint density at radius 1 is 1.28 bits per heavy atom. The van der Waals surface area contributed by atoms with Crippen LogP contribution in [-0.4, -0.2) is 7.05 Å². The molecule has 0 saturated carbocycles. The minimum Gasteiger partial charge on any atom is -0.309 e. The molecule has 0 amide bonds. The Labute approximate surface area is 129 Å². The number of hydrogen-bond donors (Lipinski definition) is 1. The Hall–Kier alpha value is -0.0600. The molecule has 2 aromatic rings. The molecule has 1 aromatic carbocycles. The van der Waals surface area contributed by atoms with Gasteiger partial charge < -0.3 is 5.32 Å². The summed E-state index contributed by atoms with van der Waals surface area (Å²) in [6.45, 7) is 2.07. The summed E-state index contributed by atoms with van der Waals surface area (Å²) in [5.41, 5.74) is 2.38. The molecular formula is C13H12BrCl2NS. The topological polar surface area (TPSA) is 12.0 Å². The maximum atomic E-state index is 6.10. The van der Waals surface area contributed by atoms with Crippen molar-refractivity contribution in [1.82, 2.24) is 5.32 Å². The van der Waals surface area contributed by atoms with Gasteiger partial charge in [-0.25, -0.2) is 0 Å². The third kappa shape index (κ3) is 2.91. The first-order valence-corrected chi connectivity index (χ1v) is 7.77. The molecule has 2 rings (SSSR count). The van der Waals surface area contributed by atoms with E-state index < -0.39 is 0 Å². The summed E-state index contributed by atoms with van der Waals surface area (Å²) in [6.07, 6.45) is 0. The molecule has 0 spiro atoms. The zero-order chi connectivity index (χ0) is 13.3. The molecule has 0 radical (unpaired) electrons. The van der Waals surface area contributed by atoms with Crippen molar-refractivity contribution in [3.63, 3.8) is 0 Å². The van der Waals surface area contributed by atoms with Gasteiger partial charge in [0.1, 0.15) is 0 Å². The number of nitrogens with one attached hydrogen (secondary N) is 1. The second kappa shape index (κ2) is 5.93. The van der Waals surface area contributed by atoms with E-state index in [0.717, 1.165) is 13.8 Å². The number of aryl methyl sites for hydroxylation is 1. The first-order chi connectivity index (χ1) is 8.52. The normalized spacial score (nSPS) is 12.7. The lowest BCUT2D eigenvalue weighted by Crippen LogP contribution is -2.17. The van der Waals surface area contributed by atoms with Gasteiger partial charge in [0.25, 0.3) is 0 Å². The van der Waals surface area contributed by atoms with Gasteiger partial charge >= 0.3 is 0 Å². The summed E-state index contributed by atoms with van der Waals surface area (Å²) in [6, 6.07) is 8.08. The standard InChI is InChI=1S/C13H12BrCl2NS/c1-7-5-8(15)3-4-9(7)12(17-2)11-6-10(16)13(14)18-11/h3-6,12,17H,1-2H3. The third-order valence-corrected chi connectivity index (χ3v) is 5.55. The van der Waals surface area contributed by atoms with E-state index in [1.807, 2.05) is 25.2 Å². The van der Waals surface area contributed by atoms with Crippen LogP contribution in [0.2, 0.25) is 10.0 Å². The molecule has 5 heteroatoms. The first-order valence-electron chi connectivity index (χ1n) is 5.41. The summed E-state index contributed by atoms with van der Waals surface area (Å²) in [4.78, 5) is 1.18. The summed E-state index contributed by atoms with van der Waals surface area (Å²) in [5, 5.41) is 4.84. The molecule has 1 aromatic heterocycles. The predicted octanol–water partition coefficient (Wildman–Crippen LogP) is 5.43. The Bertz CT molecular complexity index is 549. The van der Waals surface area contributed by atoms with E-state index in [1.54, 1.807) is 11.3 Å². The lowest BCUT2D eigenvalue weighted by Gasteiger charge is -2.17. The summed E-state index contributed by atoms with van der Waals surface area (Å²) < 4.78 is 0.964. The van der Waals surface area contributed by atoms with Gasteiger partial charge in [-0.05, 0) is 59.2 Å². The number of hydrogen-bond acceptors (Lipinski definition) is 2. The largest absolute Gasteiger partial charge is 0.309 e. The van der Waals surface area contributed by atoms with Gasteiger partial charge in [-0.3, -0.25) is 0 Å². The molecule has 0 fully saturated rings. The highest BCUT2D eigenvalue weighted by Gasteiger charge is 2.18. The molecule has 0 aliphatic carbocycles. The van der Waals surface area contributed by atoms with E-state index in [4.69, 9.17) is 23.2 Å². The van der Waals surface area contributed by atoms with E-state index in [2.05, 4.69) is 34.2 Å². The summed E-state index contributed by atoms with van der Waals surface area (Å²) in [7, 11) is 1.94. The molecule has 1 unspecified atom stereocenters. The third-order valence-electron chi connectivity index (χ3n) is 2.78. The molecule has 96 valence electrons. The molecule has 0 bridgehead atoms. The van der Waals surface area contributed by atoms with E-state index in [0.29, 0.717) is 0 Å². The van der Waals surface area contributed by atoms with E-state index in [9.17, 15) is 0 Å². The minimum atomic E-state index is 0.135. The zero-order valence-electron chi connectivity index (χ0n) is 9.93. The van der Waals surface area contributed by atoms with Crippen LogP contribution in [0.3, 0.4) is 0 Å². The highest BCUT2D eigenvalue weighted by molar-refractivity contribution is 9.11. The quantitative estimate of drug-likeness (QED) is 0.765. The van der Waals surface area contributed by atoms with Crippen molar-refractivity contribution in [3.05, 3.63) is 54.1 Å². The van der Waals surface area contributed by atoms with Crippen LogP contribution in [0.4, 0.5) is 0 Å². The highest BCUT2D eigenvalue weighted by atomic mass is 79.9. The molecule has 1 nitrogen and oxygen atoms in total. The number of rotatable bonds is 3. The minimum absolute atomic E-state index is 0.135. The molecule has 0 saturated heterocycles. The van der Waals surface area contributed by atoms with E-state index in [1.165, 1.54) is 16.0 Å². The monoisotopic (exact) mass is 363 g/mol.